The summed E-state index contributed by atoms with van der Waals surface area (Å²) >= 11 is 1.18. The summed E-state index contributed by atoms with van der Waals surface area (Å²) in [6.45, 7) is 2.00. The number of aromatic nitrogens is 2. The molecular formula is C14H14F2N2OS. The van der Waals surface area contributed by atoms with Gasteiger partial charge in [0.25, 0.3) is 5.56 Å². The van der Waals surface area contributed by atoms with Crippen molar-refractivity contribution in [2.45, 2.75) is 30.7 Å². The molecule has 20 heavy (non-hydrogen) atoms. The highest BCUT2D eigenvalue weighted by molar-refractivity contribution is 7.98. The van der Waals surface area contributed by atoms with E-state index >= 15 is 0 Å². The van der Waals surface area contributed by atoms with E-state index in [2.05, 4.69) is 9.97 Å². The molecule has 0 aliphatic heterocycles. The first-order chi connectivity index (χ1) is 9.60. The Hall–Kier alpha value is -1.69. The smallest absolute Gasteiger partial charge is 0.251 e. The van der Waals surface area contributed by atoms with E-state index in [4.69, 9.17) is 0 Å². The Labute approximate surface area is 119 Å². The fourth-order valence-electron chi connectivity index (χ4n) is 1.74. The summed E-state index contributed by atoms with van der Waals surface area (Å²) < 4.78 is 26.6. The van der Waals surface area contributed by atoms with Crippen LogP contribution in [0.5, 0.6) is 0 Å². The van der Waals surface area contributed by atoms with Crippen molar-refractivity contribution in [3.05, 3.63) is 57.5 Å². The van der Waals surface area contributed by atoms with Crippen LogP contribution >= 0.6 is 11.8 Å². The van der Waals surface area contributed by atoms with E-state index in [0.717, 1.165) is 12.5 Å². The van der Waals surface area contributed by atoms with Crippen molar-refractivity contribution in [1.29, 1.82) is 0 Å². The largest absolute Gasteiger partial charge is 0.301 e. The number of hydrogen-bond acceptors (Lipinski definition) is 3. The van der Waals surface area contributed by atoms with E-state index in [-0.39, 0.29) is 16.9 Å². The molecule has 0 bridgehead atoms. The molecule has 1 aromatic heterocycles. The van der Waals surface area contributed by atoms with E-state index in [1.165, 1.54) is 30.0 Å². The summed E-state index contributed by atoms with van der Waals surface area (Å²) in [5.41, 5.74) is 0.725. The molecule has 0 atom stereocenters. The minimum absolute atomic E-state index is 0.210. The standard InChI is InChI=1S/C14H14F2N2OS/c1-2-4-10-7-12(19)18-14(17-10)20-8-9-5-3-6-11(15)13(9)16/h3,5-7H,2,4,8H2,1H3,(H,17,18,19). The van der Waals surface area contributed by atoms with E-state index in [1.54, 1.807) is 0 Å². The van der Waals surface area contributed by atoms with Crippen molar-refractivity contribution >= 4 is 11.8 Å². The monoisotopic (exact) mass is 296 g/mol. The summed E-state index contributed by atoms with van der Waals surface area (Å²) in [6, 6.07) is 5.50. The van der Waals surface area contributed by atoms with E-state index in [1.807, 2.05) is 6.92 Å². The van der Waals surface area contributed by atoms with E-state index < -0.39 is 11.6 Å². The Kier molecular flexibility index (Phi) is 4.89. The molecule has 0 fully saturated rings. The highest BCUT2D eigenvalue weighted by atomic mass is 32.2. The Morgan fingerprint density at radius 2 is 2.15 bits per heavy atom. The molecule has 2 rings (SSSR count). The summed E-state index contributed by atoms with van der Waals surface area (Å²) in [7, 11) is 0. The SMILES string of the molecule is CCCc1cc(=O)[nH]c(SCc2cccc(F)c2F)n1. The second-order valence-electron chi connectivity index (χ2n) is 4.29. The predicted octanol–water partition coefficient (Wildman–Crippen LogP) is 3.29. The number of rotatable bonds is 5. The van der Waals surface area contributed by atoms with Gasteiger partial charge in [-0.25, -0.2) is 13.8 Å². The number of nitrogens with zero attached hydrogens (tertiary/aromatic N) is 1. The highest BCUT2D eigenvalue weighted by Crippen LogP contribution is 2.21. The number of hydrogen-bond donors (Lipinski definition) is 1. The Balaban J connectivity index is 2.14. The Morgan fingerprint density at radius 3 is 2.90 bits per heavy atom. The highest BCUT2D eigenvalue weighted by Gasteiger charge is 2.09. The molecule has 0 aliphatic carbocycles. The number of nitrogens with one attached hydrogen (secondary N) is 1. The van der Waals surface area contributed by atoms with Gasteiger partial charge in [-0.3, -0.25) is 4.79 Å². The van der Waals surface area contributed by atoms with Crippen molar-refractivity contribution in [2.24, 2.45) is 0 Å². The maximum atomic E-state index is 13.5. The Bertz CT molecular complexity index is 658. The van der Waals surface area contributed by atoms with Gasteiger partial charge >= 0.3 is 0 Å². The van der Waals surface area contributed by atoms with Crippen LogP contribution in [0, 0.1) is 11.6 Å². The first kappa shape index (κ1) is 14.7. The average Bonchev–Trinajstić information content (AvgIpc) is 2.40. The lowest BCUT2D eigenvalue weighted by molar-refractivity contribution is 0.502. The predicted molar refractivity (Wildman–Crippen MR) is 74.8 cm³/mol. The number of benzene rings is 1. The topological polar surface area (TPSA) is 45.8 Å². The molecule has 1 N–H and O–H groups in total. The molecule has 0 saturated heterocycles. The zero-order chi connectivity index (χ0) is 14.5. The molecule has 1 heterocycles. The quantitative estimate of drug-likeness (QED) is 0.680. The average molecular weight is 296 g/mol. The number of aryl methyl sites for hydroxylation is 1. The zero-order valence-electron chi connectivity index (χ0n) is 11.0. The molecule has 6 heteroatoms. The minimum atomic E-state index is -0.871. The molecular weight excluding hydrogens is 282 g/mol. The van der Waals surface area contributed by atoms with Crippen LogP contribution < -0.4 is 5.56 Å². The van der Waals surface area contributed by atoms with Crippen LogP contribution in [0.4, 0.5) is 8.78 Å². The van der Waals surface area contributed by atoms with Gasteiger partial charge < -0.3 is 4.98 Å². The molecule has 2 aromatic rings. The number of aromatic amines is 1. The molecule has 106 valence electrons. The van der Waals surface area contributed by atoms with Crippen molar-refractivity contribution in [3.8, 4) is 0 Å². The summed E-state index contributed by atoms with van der Waals surface area (Å²) in [5.74, 6) is -1.52. The summed E-state index contributed by atoms with van der Waals surface area (Å²) in [4.78, 5) is 18.3. The molecule has 3 nitrogen and oxygen atoms in total. The normalized spacial score (nSPS) is 10.8. The number of halogens is 2. The van der Waals surface area contributed by atoms with Crippen LogP contribution in [0.15, 0.2) is 34.2 Å². The van der Waals surface area contributed by atoms with Gasteiger partial charge in [-0.05, 0) is 12.5 Å². The van der Waals surface area contributed by atoms with Crippen LogP contribution in [0.1, 0.15) is 24.6 Å². The van der Waals surface area contributed by atoms with Crippen molar-refractivity contribution in [3.63, 3.8) is 0 Å². The molecule has 0 amide bonds. The maximum Gasteiger partial charge on any atom is 0.251 e. The third-order valence-corrected chi connectivity index (χ3v) is 3.60. The van der Waals surface area contributed by atoms with Crippen LogP contribution in [-0.4, -0.2) is 9.97 Å². The third-order valence-electron chi connectivity index (χ3n) is 2.68. The molecule has 1 aromatic carbocycles. The van der Waals surface area contributed by atoms with E-state index in [9.17, 15) is 13.6 Å². The number of H-pyrrole nitrogens is 1. The van der Waals surface area contributed by atoms with Crippen molar-refractivity contribution in [1.82, 2.24) is 9.97 Å². The first-order valence-corrected chi connectivity index (χ1v) is 7.24. The second kappa shape index (κ2) is 6.65. The molecule has 0 radical (unpaired) electrons. The van der Waals surface area contributed by atoms with Gasteiger partial charge in [0.1, 0.15) is 0 Å². The van der Waals surface area contributed by atoms with Gasteiger partial charge in [-0.1, -0.05) is 37.2 Å². The van der Waals surface area contributed by atoms with Gasteiger partial charge in [0, 0.05) is 23.1 Å². The van der Waals surface area contributed by atoms with Gasteiger partial charge in [0.05, 0.1) is 0 Å². The maximum absolute atomic E-state index is 13.5. The zero-order valence-corrected chi connectivity index (χ0v) is 11.8. The van der Waals surface area contributed by atoms with Gasteiger partial charge in [-0.15, -0.1) is 0 Å². The molecule has 0 unspecified atom stereocenters. The summed E-state index contributed by atoms with van der Waals surface area (Å²) in [5, 5.41) is 0.421. The first-order valence-electron chi connectivity index (χ1n) is 6.26. The van der Waals surface area contributed by atoms with Crippen LogP contribution in [0.3, 0.4) is 0 Å². The van der Waals surface area contributed by atoms with Crippen molar-refractivity contribution < 1.29 is 8.78 Å². The third kappa shape index (κ3) is 3.66. The molecule has 0 saturated carbocycles. The lowest BCUT2D eigenvalue weighted by atomic mass is 10.2. The fourth-order valence-corrected chi connectivity index (χ4v) is 2.61. The Morgan fingerprint density at radius 1 is 1.35 bits per heavy atom. The van der Waals surface area contributed by atoms with Crippen molar-refractivity contribution in [2.75, 3.05) is 0 Å². The van der Waals surface area contributed by atoms with Crippen LogP contribution in [-0.2, 0) is 12.2 Å². The lowest BCUT2D eigenvalue weighted by Crippen LogP contribution is -2.10. The lowest BCUT2D eigenvalue weighted by Gasteiger charge is -2.05. The summed E-state index contributed by atoms with van der Waals surface area (Å²) in [6.07, 6.45) is 1.60. The fraction of sp³-hybridized carbons (Fsp3) is 0.286. The minimum Gasteiger partial charge on any atom is -0.301 e. The number of thioether (sulfide) groups is 1. The second-order valence-corrected chi connectivity index (χ2v) is 5.26. The van der Waals surface area contributed by atoms with Gasteiger partial charge in [-0.2, -0.15) is 0 Å². The van der Waals surface area contributed by atoms with Crippen LogP contribution in [0.25, 0.3) is 0 Å². The van der Waals surface area contributed by atoms with Gasteiger partial charge in [0.2, 0.25) is 0 Å². The molecule has 0 spiro atoms. The van der Waals surface area contributed by atoms with Crippen LogP contribution in [0.2, 0.25) is 0 Å². The van der Waals surface area contributed by atoms with E-state index in [0.29, 0.717) is 17.3 Å². The molecule has 0 aliphatic rings. The van der Waals surface area contributed by atoms with Gasteiger partial charge in [0.15, 0.2) is 16.8 Å².